The lowest BCUT2D eigenvalue weighted by atomic mass is 9.61. The molecule has 0 heterocycles. The molecule has 6 rings (SSSR count). The highest BCUT2D eigenvalue weighted by Crippen LogP contribution is 2.66. The molecular formula is C27H22. The molecule has 130 valence electrons. The number of aryl methyl sites for hydroxylation is 1. The van der Waals surface area contributed by atoms with Crippen LogP contribution in [0.25, 0.3) is 11.1 Å². The van der Waals surface area contributed by atoms with E-state index in [0.29, 0.717) is 5.92 Å². The normalized spacial score (nSPS) is 28.7. The number of hydrogen-bond donors (Lipinski definition) is 0. The van der Waals surface area contributed by atoms with Crippen molar-refractivity contribution in [3.8, 4) is 11.1 Å². The molecule has 0 aliphatic heterocycles. The quantitative estimate of drug-likeness (QED) is 0.446. The monoisotopic (exact) mass is 346 g/mol. The maximum absolute atomic E-state index is 2.45. The van der Waals surface area contributed by atoms with Gasteiger partial charge in [0.1, 0.15) is 0 Å². The molecule has 0 bridgehead atoms. The molecule has 27 heavy (non-hydrogen) atoms. The van der Waals surface area contributed by atoms with Gasteiger partial charge in [-0.3, -0.25) is 0 Å². The first-order valence-corrected chi connectivity index (χ1v) is 9.84. The Morgan fingerprint density at radius 1 is 0.704 bits per heavy atom. The largest absolute Gasteiger partial charge is 0.0787 e. The van der Waals surface area contributed by atoms with Crippen molar-refractivity contribution in [3.63, 3.8) is 0 Å². The minimum atomic E-state index is -0.107. The average molecular weight is 346 g/mol. The van der Waals surface area contributed by atoms with Crippen LogP contribution in [0.4, 0.5) is 0 Å². The van der Waals surface area contributed by atoms with E-state index < -0.39 is 0 Å². The minimum absolute atomic E-state index is 0.0177. The molecule has 0 nitrogen and oxygen atoms in total. The van der Waals surface area contributed by atoms with Gasteiger partial charge >= 0.3 is 0 Å². The van der Waals surface area contributed by atoms with Crippen molar-refractivity contribution in [3.05, 3.63) is 119 Å². The van der Waals surface area contributed by atoms with E-state index in [-0.39, 0.29) is 10.8 Å². The summed E-state index contributed by atoms with van der Waals surface area (Å²) in [7, 11) is 0. The van der Waals surface area contributed by atoms with Crippen LogP contribution in [0.2, 0.25) is 0 Å². The van der Waals surface area contributed by atoms with Crippen LogP contribution in [0.1, 0.15) is 34.7 Å². The summed E-state index contributed by atoms with van der Waals surface area (Å²) in [5.74, 6) is 0.386. The first kappa shape index (κ1) is 15.2. The van der Waals surface area contributed by atoms with Gasteiger partial charge in [-0.25, -0.2) is 0 Å². The molecule has 3 aliphatic rings. The molecule has 0 saturated carbocycles. The van der Waals surface area contributed by atoms with E-state index in [9.17, 15) is 0 Å². The van der Waals surface area contributed by atoms with Crippen molar-refractivity contribution in [2.45, 2.75) is 24.7 Å². The van der Waals surface area contributed by atoms with Gasteiger partial charge in [-0.15, -0.1) is 0 Å². The molecule has 0 radical (unpaired) electrons. The molecule has 3 aliphatic carbocycles. The Bertz CT molecular complexity index is 1160. The SMILES string of the molecule is Cc1ccc2c(c1)C1(c3ccccc3-2)c2ccccc2C2(C)C=CC=CC21. The zero-order chi connectivity index (χ0) is 18.2. The van der Waals surface area contributed by atoms with Crippen LogP contribution in [-0.4, -0.2) is 0 Å². The number of fused-ring (bicyclic) bond motifs is 10. The second-order valence-electron chi connectivity index (χ2n) is 8.45. The summed E-state index contributed by atoms with van der Waals surface area (Å²) in [5, 5.41) is 0. The molecule has 3 unspecified atom stereocenters. The molecule has 0 amide bonds. The van der Waals surface area contributed by atoms with E-state index in [0.717, 1.165) is 0 Å². The fourth-order valence-corrected chi connectivity index (χ4v) is 6.10. The van der Waals surface area contributed by atoms with Crippen molar-refractivity contribution in [2.24, 2.45) is 5.92 Å². The van der Waals surface area contributed by atoms with Crippen LogP contribution in [0, 0.1) is 12.8 Å². The summed E-state index contributed by atoms with van der Waals surface area (Å²) in [4.78, 5) is 0. The summed E-state index contributed by atoms with van der Waals surface area (Å²) < 4.78 is 0. The number of benzene rings is 3. The van der Waals surface area contributed by atoms with Gasteiger partial charge in [0.2, 0.25) is 0 Å². The molecule has 3 atom stereocenters. The molecule has 3 aromatic carbocycles. The fraction of sp³-hybridized carbons (Fsp3) is 0.185. The second-order valence-corrected chi connectivity index (χ2v) is 8.45. The summed E-state index contributed by atoms with van der Waals surface area (Å²) in [6.45, 7) is 4.63. The standard InChI is InChI=1S/C27H22/c1-18-14-15-20-19-9-3-4-10-21(19)27(24(20)17-18)23-12-6-5-11-22(23)26(2)16-8-7-13-25(26)27/h3-17,25H,1-2H3. The third-order valence-corrected chi connectivity index (χ3v) is 7.14. The lowest BCUT2D eigenvalue weighted by molar-refractivity contribution is 0.372. The molecule has 1 spiro atoms. The van der Waals surface area contributed by atoms with E-state index >= 15 is 0 Å². The Hall–Kier alpha value is -2.86. The fourth-order valence-electron chi connectivity index (χ4n) is 6.10. The Morgan fingerprint density at radius 2 is 1.41 bits per heavy atom. The van der Waals surface area contributed by atoms with Gasteiger partial charge < -0.3 is 0 Å². The van der Waals surface area contributed by atoms with E-state index in [1.807, 2.05) is 0 Å². The molecule has 0 saturated heterocycles. The van der Waals surface area contributed by atoms with Crippen molar-refractivity contribution in [2.75, 3.05) is 0 Å². The topological polar surface area (TPSA) is 0 Å². The van der Waals surface area contributed by atoms with Gasteiger partial charge in [-0.05, 0) is 40.3 Å². The van der Waals surface area contributed by atoms with Gasteiger partial charge in [0.25, 0.3) is 0 Å². The zero-order valence-electron chi connectivity index (χ0n) is 15.7. The summed E-state index contributed by atoms with van der Waals surface area (Å²) in [5.41, 5.74) is 9.94. The molecule has 0 heteroatoms. The lowest BCUT2D eigenvalue weighted by Crippen LogP contribution is -2.38. The van der Waals surface area contributed by atoms with Gasteiger partial charge in [-0.1, -0.05) is 104 Å². The maximum atomic E-state index is 2.45. The van der Waals surface area contributed by atoms with Gasteiger partial charge in [0, 0.05) is 11.3 Å². The van der Waals surface area contributed by atoms with Crippen molar-refractivity contribution in [1.82, 2.24) is 0 Å². The highest BCUT2D eigenvalue weighted by molar-refractivity contribution is 5.86. The third kappa shape index (κ3) is 1.61. The van der Waals surface area contributed by atoms with Crippen LogP contribution < -0.4 is 0 Å². The van der Waals surface area contributed by atoms with Gasteiger partial charge in [0.05, 0.1) is 5.41 Å². The Morgan fingerprint density at radius 3 is 2.26 bits per heavy atom. The molecular weight excluding hydrogens is 324 g/mol. The first-order valence-electron chi connectivity index (χ1n) is 9.84. The Balaban J connectivity index is 1.83. The molecule has 0 N–H and O–H groups in total. The highest BCUT2D eigenvalue weighted by Gasteiger charge is 2.61. The predicted molar refractivity (Wildman–Crippen MR) is 112 cm³/mol. The Kier molecular flexibility index (Phi) is 2.76. The smallest absolute Gasteiger partial charge is 0.0540 e. The van der Waals surface area contributed by atoms with Gasteiger partial charge in [0.15, 0.2) is 0 Å². The summed E-state index contributed by atoms with van der Waals surface area (Å²) in [6.07, 6.45) is 9.34. The van der Waals surface area contributed by atoms with Crippen LogP contribution in [0.3, 0.4) is 0 Å². The zero-order valence-corrected chi connectivity index (χ0v) is 15.7. The Labute approximate surface area is 160 Å². The number of allylic oxidation sites excluding steroid dienone is 4. The van der Waals surface area contributed by atoms with Gasteiger partial charge in [-0.2, -0.15) is 0 Å². The third-order valence-electron chi connectivity index (χ3n) is 7.14. The lowest BCUT2D eigenvalue weighted by Gasteiger charge is -2.40. The van der Waals surface area contributed by atoms with E-state index in [4.69, 9.17) is 0 Å². The van der Waals surface area contributed by atoms with Crippen LogP contribution in [0.15, 0.2) is 91.0 Å². The minimum Gasteiger partial charge on any atom is -0.0787 e. The van der Waals surface area contributed by atoms with Crippen LogP contribution in [0.5, 0.6) is 0 Å². The van der Waals surface area contributed by atoms with Crippen molar-refractivity contribution < 1.29 is 0 Å². The van der Waals surface area contributed by atoms with E-state index in [1.54, 1.807) is 0 Å². The van der Waals surface area contributed by atoms with Crippen molar-refractivity contribution in [1.29, 1.82) is 0 Å². The molecule has 3 aromatic rings. The summed E-state index contributed by atoms with van der Waals surface area (Å²) in [6, 6.07) is 25.2. The maximum Gasteiger partial charge on any atom is 0.0540 e. The molecule has 0 fully saturated rings. The number of hydrogen-bond acceptors (Lipinski definition) is 0. The van der Waals surface area contributed by atoms with Crippen LogP contribution >= 0.6 is 0 Å². The van der Waals surface area contributed by atoms with E-state index in [1.165, 1.54) is 38.9 Å². The van der Waals surface area contributed by atoms with E-state index in [2.05, 4.69) is 105 Å². The molecule has 0 aromatic heterocycles. The summed E-state index contributed by atoms with van der Waals surface area (Å²) >= 11 is 0. The first-order chi connectivity index (χ1) is 13.2. The van der Waals surface area contributed by atoms with Crippen molar-refractivity contribution >= 4 is 0 Å². The number of rotatable bonds is 0. The second kappa shape index (κ2) is 4.89. The van der Waals surface area contributed by atoms with Crippen LogP contribution in [-0.2, 0) is 10.8 Å². The average Bonchev–Trinajstić information content (AvgIpc) is 3.11. The highest BCUT2D eigenvalue weighted by atomic mass is 14.6. The predicted octanol–water partition coefficient (Wildman–Crippen LogP) is 6.32.